The van der Waals surface area contributed by atoms with E-state index < -0.39 is 0 Å². The first-order valence-corrected chi connectivity index (χ1v) is 11.5. The summed E-state index contributed by atoms with van der Waals surface area (Å²) in [4.78, 5) is 27.4. The number of nitrogens with zero attached hydrogens (tertiary/aromatic N) is 4. The fraction of sp³-hybridized carbons (Fsp3) is 0.360. The number of ether oxygens (including phenoxy) is 1. The number of halogens is 1. The molecule has 0 saturated carbocycles. The Balaban J connectivity index is 1.24. The zero-order chi connectivity index (χ0) is 23.5. The van der Waals surface area contributed by atoms with E-state index >= 15 is 0 Å². The van der Waals surface area contributed by atoms with Crippen LogP contribution in [0, 0.1) is 11.7 Å². The molecule has 0 radical (unpaired) electrons. The summed E-state index contributed by atoms with van der Waals surface area (Å²) in [5.41, 5.74) is 2.31. The third kappa shape index (κ3) is 4.70. The van der Waals surface area contributed by atoms with Gasteiger partial charge in [0.25, 0.3) is 5.91 Å². The summed E-state index contributed by atoms with van der Waals surface area (Å²) in [7, 11) is 0. The Morgan fingerprint density at radius 3 is 2.71 bits per heavy atom. The molecule has 8 nitrogen and oxygen atoms in total. The molecule has 2 amide bonds. The molecule has 1 atom stereocenters. The van der Waals surface area contributed by atoms with Gasteiger partial charge in [0.15, 0.2) is 5.82 Å². The quantitative estimate of drug-likeness (QED) is 0.628. The summed E-state index contributed by atoms with van der Waals surface area (Å²) >= 11 is 0. The highest BCUT2D eigenvalue weighted by molar-refractivity contribution is 5.95. The maximum atomic E-state index is 13.3. The van der Waals surface area contributed by atoms with Crippen molar-refractivity contribution in [2.45, 2.75) is 25.9 Å². The summed E-state index contributed by atoms with van der Waals surface area (Å²) in [6, 6.07) is 13.6. The standard InChI is InChI=1S/C25H26FN5O3/c26-21-6-4-17(5-7-21)18-2-1-3-19(14-18)25(33)30-10-8-22-28-29-23(31(22)12-11-30)15-27-24(32)20-9-13-34-16-20/h1-7,14,20H,8-13,15-16H2,(H,27,32). The second-order valence-electron chi connectivity index (χ2n) is 8.59. The highest BCUT2D eigenvalue weighted by Crippen LogP contribution is 2.22. The molecule has 1 N–H and O–H groups in total. The average Bonchev–Trinajstić information content (AvgIpc) is 3.49. The van der Waals surface area contributed by atoms with E-state index in [0.717, 1.165) is 23.4 Å². The molecular weight excluding hydrogens is 437 g/mol. The van der Waals surface area contributed by atoms with Gasteiger partial charge in [-0.05, 0) is 41.8 Å². The van der Waals surface area contributed by atoms with Gasteiger partial charge < -0.3 is 19.5 Å². The SMILES string of the molecule is O=C(NCc1nnc2n1CCN(C(=O)c1cccc(-c3ccc(F)cc3)c1)CC2)C1CCOC1. The van der Waals surface area contributed by atoms with Crippen LogP contribution in [0.2, 0.25) is 0 Å². The lowest BCUT2D eigenvalue weighted by molar-refractivity contribution is -0.125. The van der Waals surface area contributed by atoms with Crippen LogP contribution in [0.25, 0.3) is 11.1 Å². The van der Waals surface area contributed by atoms with E-state index in [-0.39, 0.29) is 23.5 Å². The Bertz CT molecular complexity index is 1190. The van der Waals surface area contributed by atoms with Gasteiger partial charge >= 0.3 is 0 Å². The predicted octanol–water partition coefficient (Wildman–Crippen LogP) is 2.44. The van der Waals surface area contributed by atoms with Gasteiger partial charge in [-0.25, -0.2) is 4.39 Å². The molecule has 3 aromatic rings. The van der Waals surface area contributed by atoms with Crippen molar-refractivity contribution in [1.82, 2.24) is 25.0 Å². The smallest absolute Gasteiger partial charge is 0.253 e. The van der Waals surface area contributed by atoms with E-state index in [0.29, 0.717) is 57.2 Å². The summed E-state index contributed by atoms with van der Waals surface area (Å²) in [6.07, 6.45) is 1.32. The van der Waals surface area contributed by atoms with Gasteiger partial charge in [-0.15, -0.1) is 10.2 Å². The Morgan fingerprint density at radius 2 is 1.91 bits per heavy atom. The molecule has 3 heterocycles. The topological polar surface area (TPSA) is 89.4 Å². The molecule has 34 heavy (non-hydrogen) atoms. The number of hydrogen-bond donors (Lipinski definition) is 1. The first-order valence-electron chi connectivity index (χ1n) is 11.5. The van der Waals surface area contributed by atoms with E-state index in [1.807, 2.05) is 27.7 Å². The first kappa shape index (κ1) is 22.2. The normalized spacial score (nSPS) is 17.8. The molecule has 1 fully saturated rings. The maximum Gasteiger partial charge on any atom is 0.253 e. The molecule has 2 aliphatic heterocycles. The van der Waals surface area contributed by atoms with Crippen LogP contribution in [-0.2, 0) is 29.0 Å². The Morgan fingerprint density at radius 1 is 1.06 bits per heavy atom. The number of carbonyl (C=O) groups excluding carboxylic acids is 2. The molecule has 5 rings (SSSR count). The van der Waals surface area contributed by atoms with Crippen LogP contribution >= 0.6 is 0 Å². The Hall–Kier alpha value is -3.59. The minimum atomic E-state index is -0.293. The van der Waals surface area contributed by atoms with E-state index in [9.17, 15) is 14.0 Å². The van der Waals surface area contributed by atoms with Crippen LogP contribution in [0.15, 0.2) is 48.5 Å². The third-order valence-corrected chi connectivity index (χ3v) is 6.40. The lowest BCUT2D eigenvalue weighted by atomic mass is 10.0. The second-order valence-corrected chi connectivity index (χ2v) is 8.59. The fourth-order valence-electron chi connectivity index (χ4n) is 4.43. The van der Waals surface area contributed by atoms with Gasteiger partial charge in [0.2, 0.25) is 5.91 Å². The zero-order valence-electron chi connectivity index (χ0n) is 18.7. The van der Waals surface area contributed by atoms with Crippen LogP contribution in [0.4, 0.5) is 4.39 Å². The molecule has 9 heteroatoms. The van der Waals surface area contributed by atoms with Gasteiger partial charge in [0.1, 0.15) is 11.6 Å². The molecule has 1 unspecified atom stereocenters. The molecule has 0 bridgehead atoms. The van der Waals surface area contributed by atoms with Crippen LogP contribution in [0.1, 0.15) is 28.4 Å². The molecule has 2 aliphatic rings. The fourth-order valence-corrected chi connectivity index (χ4v) is 4.43. The molecule has 2 aromatic carbocycles. The number of hydrogen-bond acceptors (Lipinski definition) is 5. The van der Waals surface area contributed by atoms with Gasteiger partial charge in [-0.3, -0.25) is 9.59 Å². The summed E-state index contributed by atoms with van der Waals surface area (Å²) < 4.78 is 20.5. The van der Waals surface area contributed by atoms with Crippen LogP contribution in [0.5, 0.6) is 0 Å². The van der Waals surface area contributed by atoms with Gasteiger partial charge in [-0.1, -0.05) is 24.3 Å². The van der Waals surface area contributed by atoms with Crippen molar-refractivity contribution in [2.24, 2.45) is 5.92 Å². The minimum Gasteiger partial charge on any atom is -0.381 e. The lowest BCUT2D eigenvalue weighted by Gasteiger charge is -2.20. The van der Waals surface area contributed by atoms with Gasteiger partial charge in [0, 0.05) is 38.2 Å². The van der Waals surface area contributed by atoms with E-state index in [2.05, 4.69) is 15.5 Å². The van der Waals surface area contributed by atoms with Crippen molar-refractivity contribution in [2.75, 3.05) is 26.3 Å². The largest absolute Gasteiger partial charge is 0.381 e. The molecular formula is C25H26FN5O3. The summed E-state index contributed by atoms with van der Waals surface area (Å²) in [6.45, 7) is 2.99. The predicted molar refractivity (Wildman–Crippen MR) is 122 cm³/mol. The third-order valence-electron chi connectivity index (χ3n) is 6.40. The van der Waals surface area contributed by atoms with Crippen molar-refractivity contribution in [3.63, 3.8) is 0 Å². The average molecular weight is 464 g/mol. The molecule has 0 spiro atoms. The van der Waals surface area contributed by atoms with Crippen molar-refractivity contribution in [1.29, 1.82) is 0 Å². The molecule has 1 aromatic heterocycles. The van der Waals surface area contributed by atoms with Crippen LogP contribution in [-0.4, -0.2) is 57.8 Å². The van der Waals surface area contributed by atoms with Crippen LogP contribution < -0.4 is 5.32 Å². The maximum absolute atomic E-state index is 13.3. The number of carbonyl (C=O) groups is 2. The molecule has 176 valence electrons. The number of rotatable bonds is 5. The monoisotopic (exact) mass is 463 g/mol. The second kappa shape index (κ2) is 9.72. The van der Waals surface area contributed by atoms with Crippen molar-refractivity contribution >= 4 is 11.8 Å². The number of nitrogens with one attached hydrogen (secondary N) is 1. The first-order chi connectivity index (χ1) is 16.6. The summed E-state index contributed by atoms with van der Waals surface area (Å²) in [5, 5.41) is 11.5. The zero-order valence-corrected chi connectivity index (χ0v) is 18.7. The van der Waals surface area contributed by atoms with Crippen molar-refractivity contribution in [3.8, 4) is 11.1 Å². The minimum absolute atomic E-state index is 0.0266. The van der Waals surface area contributed by atoms with Gasteiger partial charge in [-0.2, -0.15) is 0 Å². The highest BCUT2D eigenvalue weighted by Gasteiger charge is 2.25. The molecule has 0 aliphatic carbocycles. The Labute approximate surface area is 196 Å². The van der Waals surface area contributed by atoms with Crippen molar-refractivity contribution in [3.05, 3.63) is 71.6 Å². The Kier molecular flexibility index (Phi) is 6.35. The number of benzene rings is 2. The lowest BCUT2D eigenvalue weighted by Crippen LogP contribution is -2.34. The number of fused-ring (bicyclic) bond motifs is 1. The van der Waals surface area contributed by atoms with E-state index in [1.165, 1.54) is 12.1 Å². The number of aromatic nitrogens is 3. The van der Waals surface area contributed by atoms with Crippen LogP contribution in [0.3, 0.4) is 0 Å². The number of amides is 2. The van der Waals surface area contributed by atoms with E-state index in [1.54, 1.807) is 18.2 Å². The van der Waals surface area contributed by atoms with E-state index in [4.69, 9.17) is 4.74 Å². The molecule has 1 saturated heterocycles. The van der Waals surface area contributed by atoms with Gasteiger partial charge in [0.05, 0.1) is 19.1 Å². The highest BCUT2D eigenvalue weighted by atomic mass is 19.1. The van der Waals surface area contributed by atoms with Crippen molar-refractivity contribution < 1.29 is 18.7 Å². The summed E-state index contributed by atoms with van der Waals surface area (Å²) in [5.74, 6) is 1.02.